The molecule has 4 amide bonds. The molecular weight excluding hydrogens is 426 g/mol. The fourth-order valence-corrected chi connectivity index (χ4v) is 5.27. The predicted octanol–water partition coefficient (Wildman–Crippen LogP) is 1.06. The van der Waals surface area contributed by atoms with Crippen LogP contribution in [-0.2, 0) is 23.9 Å². The van der Waals surface area contributed by atoms with Crippen LogP contribution in [0.15, 0.2) is 24.3 Å². The SMILES string of the molecule is C[C@@H](C(=O)OCC(=O)NNC(=O)c1ccccc1Cl)N1C(=O)[C@@H]2[C@H]3CC[C@@H](C3)[C@@H]2C1=O. The first-order valence-electron chi connectivity index (χ1n) is 10.2. The van der Waals surface area contributed by atoms with Crippen molar-refractivity contribution >= 4 is 41.2 Å². The van der Waals surface area contributed by atoms with Crippen LogP contribution >= 0.6 is 11.6 Å². The number of halogens is 1. The van der Waals surface area contributed by atoms with Crippen molar-refractivity contribution in [1.82, 2.24) is 15.8 Å². The highest BCUT2D eigenvalue weighted by molar-refractivity contribution is 6.33. The monoisotopic (exact) mass is 447 g/mol. The van der Waals surface area contributed by atoms with E-state index in [1.54, 1.807) is 12.1 Å². The Hall–Kier alpha value is -2.94. The number of hydrogen-bond donors (Lipinski definition) is 2. The molecule has 164 valence electrons. The van der Waals surface area contributed by atoms with E-state index in [2.05, 4.69) is 10.9 Å². The van der Waals surface area contributed by atoms with E-state index < -0.39 is 30.4 Å². The van der Waals surface area contributed by atoms with E-state index in [1.807, 2.05) is 0 Å². The lowest BCUT2D eigenvalue weighted by molar-refractivity contribution is -0.160. The molecule has 5 atom stereocenters. The van der Waals surface area contributed by atoms with E-state index in [4.69, 9.17) is 16.3 Å². The van der Waals surface area contributed by atoms with Crippen molar-refractivity contribution in [1.29, 1.82) is 0 Å². The minimum atomic E-state index is -1.12. The van der Waals surface area contributed by atoms with Gasteiger partial charge in [0, 0.05) is 0 Å². The number of ether oxygens (including phenoxy) is 1. The summed E-state index contributed by atoms with van der Waals surface area (Å²) in [6, 6.07) is 5.17. The van der Waals surface area contributed by atoms with Gasteiger partial charge in [-0.3, -0.25) is 34.9 Å². The molecule has 2 saturated carbocycles. The van der Waals surface area contributed by atoms with E-state index in [0.29, 0.717) is 0 Å². The van der Waals surface area contributed by atoms with Crippen LogP contribution in [0, 0.1) is 23.7 Å². The van der Waals surface area contributed by atoms with Crippen LogP contribution in [-0.4, -0.2) is 47.1 Å². The largest absolute Gasteiger partial charge is 0.454 e. The maximum atomic E-state index is 12.8. The third-order valence-electron chi connectivity index (χ3n) is 6.47. The average molecular weight is 448 g/mol. The van der Waals surface area contributed by atoms with Gasteiger partial charge in [0.1, 0.15) is 6.04 Å². The van der Waals surface area contributed by atoms with Gasteiger partial charge in [-0.1, -0.05) is 23.7 Å². The molecule has 0 spiro atoms. The Morgan fingerprint density at radius 1 is 1.10 bits per heavy atom. The maximum absolute atomic E-state index is 12.8. The molecule has 10 heteroatoms. The standard InChI is InChI=1S/C21H22ClN3O6/c1-10(25-19(28)16-11-6-7-12(8-11)17(16)20(25)29)21(30)31-9-15(26)23-24-18(27)13-4-2-3-5-14(13)22/h2-5,10-12,16-17H,6-9H2,1H3,(H,23,26)(H,24,27)/t10-,11-,12-,16-,17+/m0/s1. The lowest BCUT2D eigenvalue weighted by Gasteiger charge is -2.23. The Morgan fingerprint density at radius 2 is 1.71 bits per heavy atom. The average Bonchev–Trinajstić information content (AvgIpc) is 3.43. The number of amides is 4. The van der Waals surface area contributed by atoms with Crippen molar-refractivity contribution in [3.63, 3.8) is 0 Å². The first-order valence-corrected chi connectivity index (χ1v) is 10.5. The molecule has 3 aliphatic rings. The van der Waals surface area contributed by atoms with Gasteiger partial charge in [0.25, 0.3) is 11.8 Å². The zero-order valence-electron chi connectivity index (χ0n) is 16.8. The molecule has 2 aliphatic carbocycles. The number of carbonyl (C=O) groups is 5. The van der Waals surface area contributed by atoms with Gasteiger partial charge in [-0.2, -0.15) is 0 Å². The molecule has 4 rings (SSSR count). The summed E-state index contributed by atoms with van der Waals surface area (Å²) in [5, 5.41) is 0.215. The topological polar surface area (TPSA) is 122 Å². The van der Waals surface area contributed by atoms with Gasteiger partial charge < -0.3 is 4.74 Å². The normalized spacial score (nSPS) is 27.1. The van der Waals surface area contributed by atoms with Crippen LogP contribution in [0.1, 0.15) is 36.5 Å². The molecule has 0 aromatic heterocycles. The molecule has 31 heavy (non-hydrogen) atoms. The van der Waals surface area contributed by atoms with E-state index in [0.717, 1.165) is 24.2 Å². The Labute approximate surface area is 183 Å². The highest BCUT2D eigenvalue weighted by Crippen LogP contribution is 2.56. The first-order chi connectivity index (χ1) is 14.8. The zero-order chi connectivity index (χ0) is 22.3. The molecule has 3 fully saturated rings. The molecule has 0 radical (unpaired) electrons. The van der Waals surface area contributed by atoms with Crippen molar-refractivity contribution in [3.8, 4) is 0 Å². The molecule has 1 aromatic carbocycles. The van der Waals surface area contributed by atoms with E-state index in [9.17, 15) is 24.0 Å². The fourth-order valence-electron chi connectivity index (χ4n) is 5.05. The van der Waals surface area contributed by atoms with Gasteiger partial charge >= 0.3 is 5.97 Å². The summed E-state index contributed by atoms with van der Waals surface area (Å²) in [4.78, 5) is 62.8. The molecule has 2 N–H and O–H groups in total. The molecule has 1 aliphatic heterocycles. The van der Waals surface area contributed by atoms with E-state index >= 15 is 0 Å². The number of hydrazine groups is 1. The van der Waals surface area contributed by atoms with E-state index in [1.165, 1.54) is 19.1 Å². The van der Waals surface area contributed by atoms with Crippen LogP contribution < -0.4 is 10.9 Å². The van der Waals surface area contributed by atoms with Crippen LogP contribution in [0.3, 0.4) is 0 Å². The van der Waals surface area contributed by atoms with Crippen molar-refractivity contribution in [3.05, 3.63) is 34.9 Å². The van der Waals surface area contributed by atoms with Gasteiger partial charge in [-0.05, 0) is 50.2 Å². The fraction of sp³-hybridized carbons (Fsp3) is 0.476. The van der Waals surface area contributed by atoms with Gasteiger partial charge in [0.15, 0.2) is 6.61 Å². The molecule has 2 bridgehead atoms. The zero-order valence-corrected chi connectivity index (χ0v) is 17.6. The predicted molar refractivity (Wildman–Crippen MR) is 107 cm³/mol. The number of imide groups is 1. The smallest absolute Gasteiger partial charge is 0.329 e. The molecule has 1 heterocycles. The second kappa shape index (κ2) is 8.30. The number of benzene rings is 1. The van der Waals surface area contributed by atoms with Crippen molar-refractivity contribution < 1.29 is 28.7 Å². The number of carbonyl (C=O) groups excluding carboxylic acids is 5. The quantitative estimate of drug-likeness (QED) is 0.395. The van der Waals surface area contributed by atoms with Crippen molar-refractivity contribution in [2.24, 2.45) is 23.7 Å². The number of esters is 1. The van der Waals surface area contributed by atoms with Gasteiger partial charge in [-0.15, -0.1) is 0 Å². The number of likely N-dealkylation sites (tertiary alicyclic amines) is 1. The number of hydrogen-bond acceptors (Lipinski definition) is 6. The number of nitrogens with one attached hydrogen (secondary N) is 2. The molecule has 0 unspecified atom stereocenters. The molecule has 1 aromatic rings. The van der Waals surface area contributed by atoms with Gasteiger partial charge in [0.05, 0.1) is 22.4 Å². The molecular formula is C21H22ClN3O6. The highest BCUT2D eigenvalue weighted by Gasteiger charge is 2.62. The number of rotatable bonds is 5. The van der Waals surface area contributed by atoms with Gasteiger partial charge in [0.2, 0.25) is 11.8 Å². The first kappa shape index (κ1) is 21.3. The lowest BCUT2D eigenvalue weighted by atomic mass is 9.81. The van der Waals surface area contributed by atoms with Crippen molar-refractivity contribution in [2.75, 3.05) is 6.61 Å². The lowest BCUT2D eigenvalue weighted by Crippen LogP contribution is -2.47. The summed E-state index contributed by atoms with van der Waals surface area (Å²) in [6.45, 7) is 0.735. The summed E-state index contributed by atoms with van der Waals surface area (Å²) in [5.41, 5.74) is 4.46. The van der Waals surface area contributed by atoms with Crippen LogP contribution in [0.25, 0.3) is 0 Å². The third kappa shape index (κ3) is 3.78. The maximum Gasteiger partial charge on any atom is 0.329 e. The summed E-state index contributed by atoms with van der Waals surface area (Å²) in [6.07, 6.45) is 2.79. The highest BCUT2D eigenvalue weighted by atomic mass is 35.5. The minimum absolute atomic E-state index is 0.167. The third-order valence-corrected chi connectivity index (χ3v) is 6.80. The summed E-state index contributed by atoms with van der Waals surface area (Å²) < 4.78 is 4.95. The summed E-state index contributed by atoms with van der Waals surface area (Å²) in [5.74, 6) is -3.13. The second-order valence-corrected chi connectivity index (χ2v) is 8.60. The van der Waals surface area contributed by atoms with Crippen LogP contribution in [0.5, 0.6) is 0 Å². The van der Waals surface area contributed by atoms with E-state index in [-0.39, 0.29) is 46.1 Å². The Morgan fingerprint density at radius 3 is 2.32 bits per heavy atom. The Kier molecular flexibility index (Phi) is 5.70. The number of fused-ring (bicyclic) bond motifs is 5. The molecule has 9 nitrogen and oxygen atoms in total. The summed E-state index contributed by atoms with van der Waals surface area (Å²) >= 11 is 5.91. The summed E-state index contributed by atoms with van der Waals surface area (Å²) in [7, 11) is 0. The second-order valence-electron chi connectivity index (χ2n) is 8.20. The number of nitrogens with zero attached hydrogens (tertiary/aromatic N) is 1. The Balaban J connectivity index is 1.27. The van der Waals surface area contributed by atoms with Crippen molar-refractivity contribution in [2.45, 2.75) is 32.2 Å². The van der Waals surface area contributed by atoms with Gasteiger partial charge in [-0.25, -0.2) is 4.79 Å². The Bertz CT molecular complexity index is 938. The van der Waals surface area contributed by atoms with Crippen LogP contribution in [0.2, 0.25) is 5.02 Å². The van der Waals surface area contributed by atoms with Crippen LogP contribution in [0.4, 0.5) is 0 Å². The minimum Gasteiger partial charge on any atom is -0.454 e. The molecule has 1 saturated heterocycles.